The number of pyridine rings is 1. The molecule has 4 nitrogen and oxygen atoms in total. The monoisotopic (exact) mass is 216 g/mol. The molecular formula is C12H16N4. The fraction of sp³-hybridized carbons (Fsp3) is 0.417. The summed E-state index contributed by atoms with van der Waals surface area (Å²) in [6.07, 6.45) is 6.21. The Labute approximate surface area is 94.7 Å². The van der Waals surface area contributed by atoms with Gasteiger partial charge in [-0.3, -0.25) is 4.40 Å². The van der Waals surface area contributed by atoms with E-state index in [0.29, 0.717) is 6.04 Å². The molecule has 2 aromatic heterocycles. The second-order valence-corrected chi connectivity index (χ2v) is 4.24. The zero-order valence-corrected chi connectivity index (χ0v) is 9.19. The molecule has 0 radical (unpaired) electrons. The topological polar surface area (TPSA) is 41.4 Å². The first-order valence-corrected chi connectivity index (χ1v) is 5.83. The molecule has 0 aromatic carbocycles. The van der Waals surface area contributed by atoms with E-state index in [-0.39, 0.29) is 0 Å². The Bertz CT molecular complexity index is 471. The van der Waals surface area contributed by atoms with Crippen molar-refractivity contribution in [1.29, 1.82) is 0 Å². The van der Waals surface area contributed by atoms with Crippen LogP contribution in [0.25, 0.3) is 5.65 Å². The maximum atomic E-state index is 4.28. The SMILES string of the molecule is c1cc(NC2CCNCC2)n2ccnc2c1. The molecule has 0 bridgehead atoms. The normalized spacial score (nSPS) is 17.8. The zero-order valence-electron chi connectivity index (χ0n) is 9.19. The van der Waals surface area contributed by atoms with E-state index >= 15 is 0 Å². The minimum atomic E-state index is 0.578. The predicted molar refractivity (Wildman–Crippen MR) is 64.7 cm³/mol. The number of piperidine rings is 1. The Hall–Kier alpha value is -1.55. The average Bonchev–Trinajstić information content (AvgIpc) is 2.80. The fourth-order valence-electron chi connectivity index (χ4n) is 2.24. The molecule has 2 N–H and O–H groups in total. The third kappa shape index (κ3) is 1.76. The number of hydrogen-bond acceptors (Lipinski definition) is 3. The van der Waals surface area contributed by atoms with Crippen LogP contribution in [0.2, 0.25) is 0 Å². The molecule has 4 heteroatoms. The van der Waals surface area contributed by atoms with E-state index in [2.05, 4.69) is 26.1 Å². The first-order valence-electron chi connectivity index (χ1n) is 5.83. The summed E-state index contributed by atoms with van der Waals surface area (Å²) < 4.78 is 2.10. The van der Waals surface area contributed by atoms with Crippen LogP contribution in [-0.2, 0) is 0 Å². The van der Waals surface area contributed by atoms with E-state index in [1.165, 1.54) is 12.8 Å². The quantitative estimate of drug-likeness (QED) is 0.799. The lowest BCUT2D eigenvalue weighted by atomic mass is 10.1. The number of rotatable bonds is 2. The Morgan fingerprint density at radius 3 is 3.06 bits per heavy atom. The largest absolute Gasteiger partial charge is 0.368 e. The molecule has 2 aromatic rings. The number of nitrogens with one attached hydrogen (secondary N) is 2. The van der Waals surface area contributed by atoms with E-state index in [1.54, 1.807) is 0 Å². The maximum Gasteiger partial charge on any atom is 0.138 e. The van der Waals surface area contributed by atoms with Crippen molar-refractivity contribution in [1.82, 2.24) is 14.7 Å². The Balaban J connectivity index is 1.85. The summed E-state index contributed by atoms with van der Waals surface area (Å²) in [4.78, 5) is 4.28. The van der Waals surface area contributed by atoms with Gasteiger partial charge in [-0.25, -0.2) is 4.98 Å². The van der Waals surface area contributed by atoms with Crippen molar-refractivity contribution >= 4 is 11.5 Å². The molecule has 84 valence electrons. The molecule has 0 saturated carbocycles. The Morgan fingerprint density at radius 2 is 2.19 bits per heavy atom. The molecule has 3 rings (SSSR count). The lowest BCUT2D eigenvalue weighted by molar-refractivity contribution is 0.478. The van der Waals surface area contributed by atoms with Gasteiger partial charge < -0.3 is 10.6 Å². The van der Waals surface area contributed by atoms with Crippen LogP contribution in [0.4, 0.5) is 5.82 Å². The lowest BCUT2D eigenvalue weighted by Gasteiger charge is -2.25. The van der Waals surface area contributed by atoms with E-state index in [0.717, 1.165) is 24.6 Å². The van der Waals surface area contributed by atoms with Gasteiger partial charge in [0.05, 0.1) is 0 Å². The van der Waals surface area contributed by atoms with E-state index in [9.17, 15) is 0 Å². The third-order valence-electron chi connectivity index (χ3n) is 3.12. The second-order valence-electron chi connectivity index (χ2n) is 4.24. The summed E-state index contributed by atoms with van der Waals surface area (Å²) in [7, 11) is 0. The highest BCUT2D eigenvalue weighted by Gasteiger charge is 2.13. The number of hydrogen-bond donors (Lipinski definition) is 2. The molecule has 1 aliphatic rings. The van der Waals surface area contributed by atoms with Crippen molar-refractivity contribution in [3.05, 3.63) is 30.6 Å². The molecule has 1 fully saturated rings. The maximum absolute atomic E-state index is 4.28. The molecule has 3 heterocycles. The minimum absolute atomic E-state index is 0.578. The Morgan fingerprint density at radius 1 is 1.31 bits per heavy atom. The minimum Gasteiger partial charge on any atom is -0.368 e. The van der Waals surface area contributed by atoms with Crippen LogP contribution in [0.3, 0.4) is 0 Å². The van der Waals surface area contributed by atoms with Crippen LogP contribution >= 0.6 is 0 Å². The molecular weight excluding hydrogens is 200 g/mol. The first kappa shape index (κ1) is 9.66. The van der Waals surface area contributed by atoms with Gasteiger partial charge in [0.2, 0.25) is 0 Å². The summed E-state index contributed by atoms with van der Waals surface area (Å²) in [6, 6.07) is 6.75. The summed E-state index contributed by atoms with van der Waals surface area (Å²) in [5, 5.41) is 6.97. The number of nitrogens with zero attached hydrogens (tertiary/aromatic N) is 2. The zero-order chi connectivity index (χ0) is 10.8. The highest BCUT2D eigenvalue weighted by atomic mass is 15.1. The molecule has 0 atom stereocenters. The second kappa shape index (κ2) is 4.14. The molecule has 16 heavy (non-hydrogen) atoms. The average molecular weight is 216 g/mol. The van der Waals surface area contributed by atoms with Gasteiger partial charge in [0.1, 0.15) is 11.5 Å². The van der Waals surface area contributed by atoms with Gasteiger partial charge in [0.25, 0.3) is 0 Å². The predicted octanol–water partition coefficient (Wildman–Crippen LogP) is 1.50. The lowest BCUT2D eigenvalue weighted by Crippen LogP contribution is -2.35. The van der Waals surface area contributed by atoms with Gasteiger partial charge in [-0.15, -0.1) is 0 Å². The van der Waals surface area contributed by atoms with E-state index in [1.807, 2.05) is 24.5 Å². The molecule has 0 spiro atoms. The van der Waals surface area contributed by atoms with Crippen LogP contribution < -0.4 is 10.6 Å². The summed E-state index contributed by atoms with van der Waals surface area (Å²) in [5.41, 5.74) is 0.999. The van der Waals surface area contributed by atoms with E-state index < -0.39 is 0 Å². The van der Waals surface area contributed by atoms with Gasteiger partial charge in [0, 0.05) is 18.4 Å². The third-order valence-corrected chi connectivity index (χ3v) is 3.12. The van der Waals surface area contributed by atoms with Crippen LogP contribution in [0.5, 0.6) is 0 Å². The van der Waals surface area contributed by atoms with Crippen molar-refractivity contribution in [2.75, 3.05) is 18.4 Å². The first-order chi connectivity index (χ1) is 7.93. The standard InChI is InChI=1S/C12H16N4/c1-2-11-14-8-9-16(11)12(3-1)15-10-4-6-13-7-5-10/h1-3,8-10,13,15H,4-7H2. The van der Waals surface area contributed by atoms with Crippen molar-refractivity contribution < 1.29 is 0 Å². The van der Waals surface area contributed by atoms with Crippen LogP contribution in [-0.4, -0.2) is 28.5 Å². The summed E-state index contributed by atoms with van der Waals surface area (Å²) >= 11 is 0. The van der Waals surface area contributed by atoms with Crippen LogP contribution in [0, 0.1) is 0 Å². The fourth-order valence-corrected chi connectivity index (χ4v) is 2.24. The van der Waals surface area contributed by atoms with Gasteiger partial charge in [-0.2, -0.15) is 0 Å². The molecule has 1 saturated heterocycles. The highest BCUT2D eigenvalue weighted by Crippen LogP contribution is 2.15. The van der Waals surface area contributed by atoms with Crippen LogP contribution in [0.15, 0.2) is 30.6 Å². The molecule has 0 aliphatic carbocycles. The van der Waals surface area contributed by atoms with Gasteiger partial charge in [-0.1, -0.05) is 6.07 Å². The highest BCUT2D eigenvalue weighted by molar-refractivity contribution is 5.50. The van der Waals surface area contributed by atoms with Crippen molar-refractivity contribution in [2.45, 2.75) is 18.9 Å². The smallest absolute Gasteiger partial charge is 0.138 e. The summed E-state index contributed by atoms with van der Waals surface area (Å²) in [5.74, 6) is 1.14. The van der Waals surface area contributed by atoms with E-state index in [4.69, 9.17) is 0 Å². The van der Waals surface area contributed by atoms with Crippen molar-refractivity contribution in [3.63, 3.8) is 0 Å². The number of imidazole rings is 1. The van der Waals surface area contributed by atoms with Gasteiger partial charge in [-0.05, 0) is 38.1 Å². The van der Waals surface area contributed by atoms with Gasteiger partial charge >= 0.3 is 0 Å². The summed E-state index contributed by atoms with van der Waals surface area (Å²) in [6.45, 7) is 2.22. The van der Waals surface area contributed by atoms with Gasteiger partial charge in [0.15, 0.2) is 0 Å². The van der Waals surface area contributed by atoms with Crippen molar-refractivity contribution in [2.24, 2.45) is 0 Å². The number of aromatic nitrogens is 2. The van der Waals surface area contributed by atoms with Crippen LogP contribution in [0.1, 0.15) is 12.8 Å². The molecule has 1 aliphatic heterocycles. The molecule has 0 amide bonds. The number of anilines is 1. The molecule has 0 unspecified atom stereocenters. The van der Waals surface area contributed by atoms with Crippen molar-refractivity contribution in [3.8, 4) is 0 Å². The Kier molecular flexibility index (Phi) is 2.50. The number of fused-ring (bicyclic) bond motifs is 1.